The van der Waals surface area contributed by atoms with Gasteiger partial charge >= 0.3 is 0 Å². The van der Waals surface area contributed by atoms with Crippen molar-refractivity contribution in [2.45, 2.75) is 18.2 Å². The van der Waals surface area contributed by atoms with Crippen LogP contribution in [0.4, 0.5) is 16.5 Å². The van der Waals surface area contributed by atoms with Gasteiger partial charge in [0.05, 0.1) is 12.9 Å². The number of hydrogen-bond donors (Lipinski definition) is 2. The molecule has 1 heterocycles. The summed E-state index contributed by atoms with van der Waals surface area (Å²) in [5.41, 5.74) is 3.96. The maximum Gasteiger partial charge on any atom is 0.234 e. The van der Waals surface area contributed by atoms with Crippen LogP contribution in [-0.2, 0) is 4.79 Å². The van der Waals surface area contributed by atoms with Crippen molar-refractivity contribution in [2.75, 3.05) is 23.5 Å². The third-order valence-electron chi connectivity index (χ3n) is 3.58. The molecule has 6 nitrogen and oxygen atoms in total. The number of thioether (sulfide) groups is 1. The number of nitrogens with zero attached hydrogens (tertiary/aromatic N) is 2. The van der Waals surface area contributed by atoms with Crippen molar-refractivity contribution in [3.63, 3.8) is 0 Å². The van der Waals surface area contributed by atoms with Crippen molar-refractivity contribution in [2.24, 2.45) is 0 Å². The van der Waals surface area contributed by atoms with Gasteiger partial charge < -0.3 is 15.4 Å². The Balaban J connectivity index is 1.51. The van der Waals surface area contributed by atoms with E-state index in [1.165, 1.54) is 23.1 Å². The van der Waals surface area contributed by atoms with E-state index in [1.54, 1.807) is 7.11 Å². The normalized spacial score (nSPS) is 10.5. The van der Waals surface area contributed by atoms with Crippen LogP contribution in [0.25, 0.3) is 0 Å². The Bertz CT molecular complexity index is 905. The molecule has 0 aliphatic heterocycles. The Labute approximate surface area is 166 Å². The van der Waals surface area contributed by atoms with Crippen molar-refractivity contribution < 1.29 is 9.53 Å². The zero-order chi connectivity index (χ0) is 19.2. The fourth-order valence-electron chi connectivity index (χ4n) is 2.49. The Morgan fingerprint density at radius 2 is 1.78 bits per heavy atom. The molecule has 2 N–H and O–H groups in total. The van der Waals surface area contributed by atoms with Gasteiger partial charge in [-0.25, -0.2) is 0 Å². The van der Waals surface area contributed by atoms with Crippen LogP contribution in [0.2, 0.25) is 0 Å². The summed E-state index contributed by atoms with van der Waals surface area (Å²) in [6.45, 7) is 4.02. The molecule has 0 spiro atoms. The number of carbonyl (C=O) groups excluding carboxylic acids is 1. The Morgan fingerprint density at radius 1 is 1.07 bits per heavy atom. The number of ether oxygens (including phenoxy) is 1. The van der Waals surface area contributed by atoms with Crippen LogP contribution < -0.4 is 15.4 Å². The van der Waals surface area contributed by atoms with Crippen LogP contribution >= 0.6 is 23.1 Å². The van der Waals surface area contributed by atoms with Gasteiger partial charge in [0.2, 0.25) is 11.0 Å². The number of rotatable bonds is 7. The van der Waals surface area contributed by atoms with Gasteiger partial charge in [-0.2, -0.15) is 0 Å². The monoisotopic (exact) mass is 400 g/mol. The molecule has 3 aromatic rings. The highest BCUT2D eigenvalue weighted by Gasteiger charge is 2.09. The number of carbonyl (C=O) groups is 1. The van der Waals surface area contributed by atoms with E-state index in [2.05, 4.69) is 26.9 Å². The molecule has 0 fully saturated rings. The predicted octanol–water partition coefficient (Wildman–Crippen LogP) is 4.64. The Morgan fingerprint density at radius 3 is 2.44 bits per heavy atom. The Kier molecular flexibility index (Phi) is 6.31. The number of hydrogen-bond acceptors (Lipinski definition) is 7. The van der Waals surface area contributed by atoms with Crippen molar-refractivity contribution >= 4 is 45.5 Å². The molecule has 0 bridgehead atoms. The summed E-state index contributed by atoms with van der Waals surface area (Å²) in [6, 6.07) is 13.5. The SMILES string of the molecule is COc1ccc(Nc2nnc(SCC(=O)Nc3cc(C)cc(C)c3)s2)cc1. The predicted molar refractivity (Wildman–Crippen MR) is 111 cm³/mol. The highest BCUT2D eigenvalue weighted by atomic mass is 32.2. The summed E-state index contributed by atoms with van der Waals surface area (Å²) in [5, 5.41) is 15.0. The standard InChI is InChI=1S/C19H20N4O2S2/c1-12-8-13(2)10-15(9-12)20-17(24)11-26-19-23-22-18(27-19)21-14-4-6-16(25-3)7-5-14/h4-10H,11H2,1-3H3,(H,20,24)(H,21,22). The van der Waals surface area contributed by atoms with Gasteiger partial charge in [0.15, 0.2) is 4.34 Å². The van der Waals surface area contributed by atoms with Gasteiger partial charge in [0.1, 0.15) is 5.75 Å². The van der Waals surface area contributed by atoms with E-state index in [9.17, 15) is 4.79 Å². The van der Waals surface area contributed by atoms with Gasteiger partial charge in [-0.3, -0.25) is 4.79 Å². The topological polar surface area (TPSA) is 76.1 Å². The number of amides is 1. The van der Waals surface area contributed by atoms with Crippen LogP contribution in [0, 0.1) is 13.8 Å². The molecule has 0 atom stereocenters. The first kappa shape index (κ1) is 19.2. The maximum absolute atomic E-state index is 12.2. The van der Waals surface area contributed by atoms with E-state index in [0.717, 1.165) is 32.6 Å². The van der Waals surface area contributed by atoms with E-state index in [4.69, 9.17) is 4.74 Å². The molecule has 8 heteroatoms. The molecule has 0 unspecified atom stereocenters. The van der Waals surface area contributed by atoms with Crippen LogP contribution in [-0.4, -0.2) is 29.0 Å². The molecule has 0 aliphatic carbocycles. The second kappa shape index (κ2) is 8.88. The summed E-state index contributed by atoms with van der Waals surface area (Å²) < 4.78 is 5.88. The summed E-state index contributed by atoms with van der Waals surface area (Å²) in [4.78, 5) is 12.2. The summed E-state index contributed by atoms with van der Waals surface area (Å²) in [5.74, 6) is 1.01. The molecule has 2 aromatic carbocycles. The number of aromatic nitrogens is 2. The van der Waals surface area contributed by atoms with E-state index in [-0.39, 0.29) is 11.7 Å². The first-order valence-electron chi connectivity index (χ1n) is 8.27. The van der Waals surface area contributed by atoms with Gasteiger partial charge in [0, 0.05) is 11.4 Å². The van der Waals surface area contributed by atoms with Crippen LogP contribution in [0.5, 0.6) is 5.75 Å². The molecule has 0 radical (unpaired) electrons. The van der Waals surface area contributed by atoms with E-state index in [1.807, 2.05) is 50.2 Å². The Hall–Kier alpha value is -2.58. The van der Waals surface area contributed by atoms with Crippen LogP contribution in [0.15, 0.2) is 46.8 Å². The minimum atomic E-state index is -0.0649. The van der Waals surface area contributed by atoms with Crippen molar-refractivity contribution in [3.8, 4) is 5.75 Å². The van der Waals surface area contributed by atoms with Crippen LogP contribution in [0.3, 0.4) is 0 Å². The summed E-state index contributed by atoms with van der Waals surface area (Å²) in [7, 11) is 1.63. The summed E-state index contributed by atoms with van der Waals surface area (Å²) in [6.07, 6.45) is 0. The van der Waals surface area contributed by atoms with Gasteiger partial charge in [0.25, 0.3) is 0 Å². The first-order chi connectivity index (χ1) is 13.0. The second-order valence-electron chi connectivity index (χ2n) is 5.94. The number of anilines is 3. The van der Waals surface area contributed by atoms with Crippen LogP contribution in [0.1, 0.15) is 11.1 Å². The quantitative estimate of drug-likeness (QED) is 0.563. The van der Waals surface area contributed by atoms with Gasteiger partial charge in [-0.15, -0.1) is 10.2 Å². The van der Waals surface area contributed by atoms with Gasteiger partial charge in [-0.05, 0) is 61.4 Å². The smallest absolute Gasteiger partial charge is 0.234 e. The van der Waals surface area contributed by atoms with Gasteiger partial charge in [-0.1, -0.05) is 29.2 Å². The average Bonchev–Trinajstić information content (AvgIpc) is 3.07. The highest BCUT2D eigenvalue weighted by Crippen LogP contribution is 2.28. The maximum atomic E-state index is 12.2. The fraction of sp³-hybridized carbons (Fsp3) is 0.211. The minimum Gasteiger partial charge on any atom is -0.497 e. The van der Waals surface area contributed by atoms with Crippen molar-refractivity contribution in [1.82, 2.24) is 10.2 Å². The third kappa shape index (κ3) is 5.70. The van der Waals surface area contributed by atoms with E-state index in [0.29, 0.717) is 5.13 Å². The zero-order valence-electron chi connectivity index (χ0n) is 15.3. The molecular formula is C19H20N4O2S2. The average molecular weight is 401 g/mol. The lowest BCUT2D eigenvalue weighted by Crippen LogP contribution is -2.14. The number of benzene rings is 2. The molecule has 0 aliphatic rings. The number of aryl methyl sites for hydroxylation is 2. The molecule has 3 rings (SSSR count). The molecule has 0 saturated heterocycles. The zero-order valence-corrected chi connectivity index (χ0v) is 16.9. The van der Waals surface area contributed by atoms with E-state index >= 15 is 0 Å². The third-order valence-corrected chi connectivity index (χ3v) is 5.55. The molecule has 1 aromatic heterocycles. The largest absolute Gasteiger partial charge is 0.497 e. The van der Waals surface area contributed by atoms with Crippen molar-refractivity contribution in [1.29, 1.82) is 0 Å². The lowest BCUT2D eigenvalue weighted by molar-refractivity contribution is -0.113. The lowest BCUT2D eigenvalue weighted by Gasteiger charge is -2.06. The molecule has 0 saturated carbocycles. The summed E-state index contributed by atoms with van der Waals surface area (Å²) >= 11 is 2.78. The molecular weight excluding hydrogens is 380 g/mol. The van der Waals surface area contributed by atoms with E-state index < -0.39 is 0 Å². The molecule has 140 valence electrons. The molecule has 1 amide bonds. The fourth-order valence-corrected chi connectivity index (χ4v) is 4.06. The number of methoxy groups -OCH3 is 1. The van der Waals surface area contributed by atoms with Crippen molar-refractivity contribution in [3.05, 3.63) is 53.6 Å². The molecule has 27 heavy (non-hydrogen) atoms. The lowest BCUT2D eigenvalue weighted by atomic mass is 10.1. The number of nitrogens with one attached hydrogen (secondary N) is 2. The minimum absolute atomic E-state index is 0.0649. The second-order valence-corrected chi connectivity index (χ2v) is 8.14. The first-order valence-corrected chi connectivity index (χ1v) is 10.1. The highest BCUT2D eigenvalue weighted by molar-refractivity contribution is 8.01.